The van der Waals surface area contributed by atoms with Crippen LogP contribution in [0.3, 0.4) is 0 Å². The summed E-state index contributed by atoms with van der Waals surface area (Å²) in [7, 11) is 0. The van der Waals surface area contributed by atoms with Gasteiger partial charge in [0.2, 0.25) is 0 Å². The van der Waals surface area contributed by atoms with Gasteiger partial charge >= 0.3 is 0 Å². The van der Waals surface area contributed by atoms with Gasteiger partial charge in [-0.25, -0.2) is 0 Å². The molecule has 2 heteroatoms. The Bertz CT molecular complexity index is 549. The average Bonchev–Trinajstić information content (AvgIpc) is 2.63. The maximum absolute atomic E-state index is 2.66. The zero-order chi connectivity index (χ0) is 15.7. The molecule has 1 aliphatic heterocycles. The summed E-state index contributed by atoms with van der Waals surface area (Å²) in [6, 6.07) is 21.9. The highest BCUT2D eigenvalue weighted by Crippen LogP contribution is 2.31. The summed E-state index contributed by atoms with van der Waals surface area (Å²) < 4.78 is 0. The number of hydrogen-bond acceptors (Lipinski definition) is 2. The molecule has 0 amide bonds. The van der Waals surface area contributed by atoms with E-state index in [2.05, 4.69) is 77.3 Å². The Morgan fingerprint density at radius 1 is 0.826 bits per heavy atom. The van der Waals surface area contributed by atoms with Crippen LogP contribution in [0.1, 0.15) is 35.6 Å². The molecule has 1 heterocycles. The van der Waals surface area contributed by atoms with Gasteiger partial charge in [0.05, 0.1) is 0 Å². The van der Waals surface area contributed by atoms with Crippen molar-refractivity contribution in [1.82, 2.24) is 4.90 Å². The van der Waals surface area contributed by atoms with Gasteiger partial charge in [-0.05, 0) is 49.2 Å². The number of rotatable bonds is 7. The number of thioether (sulfide) groups is 1. The molecule has 2 aromatic carbocycles. The Morgan fingerprint density at radius 2 is 1.48 bits per heavy atom. The van der Waals surface area contributed by atoms with Crippen molar-refractivity contribution in [2.75, 3.05) is 25.4 Å². The molecular weight excluding hydrogens is 298 g/mol. The van der Waals surface area contributed by atoms with Crippen LogP contribution in [0.5, 0.6) is 0 Å². The molecule has 1 saturated heterocycles. The minimum absolute atomic E-state index is 0.595. The van der Waals surface area contributed by atoms with Crippen molar-refractivity contribution < 1.29 is 0 Å². The fourth-order valence-corrected chi connectivity index (χ4v) is 4.57. The molecule has 2 aromatic rings. The molecule has 0 aromatic heterocycles. The van der Waals surface area contributed by atoms with Gasteiger partial charge in [0.15, 0.2) is 0 Å². The summed E-state index contributed by atoms with van der Waals surface area (Å²) in [6.07, 6.45) is 5.31. The summed E-state index contributed by atoms with van der Waals surface area (Å²) >= 11 is 2.12. The van der Waals surface area contributed by atoms with Crippen molar-refractivity contribution in [3.05, 3.63) is 71.8 Å². The van der Waals surface area contributed by atoms with Crippen LogP contribution in [-0.4, -0.2) is 30.3 Å². The summed E-state index contributed by atoms with van der Waals surface area (Å²) in [6.45, 7) is 3.76. The fourth-order valence-electron chi connectivity index (χ4n) is 3.26. The highest BCUT2D eigenvalue weighted by molar-refractivity contribution is 7.99. The molecule has 1 nitrogen and oxygen atoms in total. The van der Waals surface area contributed by atoms with Gasteiger partial charge < -0.3 is 4.90 Å². The van der Waals surface area contributed by atoms with Crippen molar-refractivity contribution in [3.63, 3.8) is 0 Å². The third kappa shape index (κ3) is 5.40. The number of hydrogen-bond donors (Lipinski definition) is 0. The molecule has 0 aliphatic carbocycles. The zero-order valence-electron chi connectivity index (χ0n) is 13.9. The zero-order valence-corrected chi connectivity index (χ0v) is 14.7. The molecule has 0 unspecified atom stereocenters. The third-order valence-electron chi connectivity index (χ3n) is 4.60. The number of nitrogens with zero attached hydrogens (tertiary/aromatic N) is 1. The van der Waals surface area contributed by atoms with E-state index in [4.69, 9.17) is 0 Å². The maximum atomic E-state index is 2.66. The van der Waals surface area contributed by atoms with E-state index in [1.165, 1.54) is 55.8 Å². The number of likely N-dealkylation sites (tertiary alicyclic amines) is 1. The summed E-state index contributed by atoms with van der Waals surface area (Å²) in [5.74, 6) is 1.19. The van der Waals surface area contributed by atoms with Gasteiger partial charge in [-0.15, -0.1) is 0 Å². The first-order valence-corrected chi connectivity index (χ1v) is 9.89. The molecular formula is C21H27NS. The first kappa shape index (κ1) is 16.6. The van der Waals surface area contributed by atoms with E-state index in [-0.39, 0.29) is 0 Å². The van der Waals surface area contributed by atoms with Crippen LogP contribution in [0.25, 0.3) is 0 Å². The van der Waals surface area contributed by atoms with E-state index in [0.717, 1.165) is 6.42 Å². The van der Waals surface area contributed by atoms with E-state index in [1.54, 1.807) is 0 Å². The van der Waals surface area contributed by atoms with Crippen LogP contribution in [0, 0.1) is 0 Å². The van der Waals surface area contributed by atoms with E-state index in [9.17, 15) is 0 Å². The smallest absolute Gasteiger partial charge is 0.0424 e. The molecule has 1 aliphatic rings. The SMILES string of the molecule is c1ccc(CCS[C@H](CN2CCCCC2)c2ccccc2)cc1. The maximum Gasteiger partial charge on any atom is 0.0424 e. The van der Waals surface area contributed by atoms with Crippen molar-refractivity contribution in [2.24, 2.45) is 0 Å². The van der Waals surface area contributed by atoms with Crippen molar-refractivity contribution in [2.45, 2.75) is 30.9 Å². The molecule has 23 heavy (non-hydrogen) atoms. The number of piperidine rings is 1. The molecule has 3 rings (SSSR count). The second kappa shape index (κ2) is 9.14. The minimum atomic E-state index is 0.595. The van der Waals surface area contributed by atoms with E-state index in [0.29, 0.717) is 5.25 Å². The monoisotopic (exact) mass is 325 g/mol. The quantitative estimate of drug-likeness (QED) is 0.689. The Hall–Kier alpha value is -1.25. The van der Waals surface area contributed by atoms with E-state index in [1.807, 2.05) is 0 Å². The van der Waals surface area contributed by atoms with Crippen LogP contribution in [0.2, 0.25) is 0 Å². The van der Waals surface area contributed by atoms with Crippen molar-refractivity contribution >= 4 is 11.8 Å². The summed E-state index contributed by atoms with van der Waals surface area (Å²) in [5.41, 5.74) is 2.93. The van der Waals surface area contributed by atoms with Crippen LogP contribution in [-0.2, 0) is 6.42 Å². The second-order valence-electron chi connectivity index (χ2n) is 6.37. The second-order valence-corrected chi connectivity index (χ2v) is 7.68. The predicted molar refractivity (Wildman–Crippen MR) is 102 cm³/mol. The molecule has 0 saturated carbocycles. The molecule has 0 radical (unpaired) electrons. The lowest BCUT2D eigenvalue weighted by atomic mass is 10.1. The molecule has 0 N–H and O–H groups in total. The van der Waals surface area contributed by atoms with E-state index < -0.39 is 0 Å². The van der Waals surface area contributed by atoms with Crippen LogP contribution >= 0.6 is 11.8 Å². The van der Waals surface area contributed by atoms with Gasteiger partial charge in [-0.3, -0.25) is 0 Å². The lowest BCUT2D eigenvalue weighted by Crippen LogP contribution is -2.33. The largest absolute Gasteiger partial charge is 0.302 e. The summed E-state index contributed by atoms with van der Waals surface area (Å²) in [5, 5.41) is 0.595. The Labute approximate surface area is 145 Å². The Kier molecular flexibility index (Phi) is 6.60. The third-order valence-corrected chi connectivity index (χ3v) is 5.86. The molecule has 0 bridgehead atoms. The minimum Gasteiger partial charge on any atom is -0.302 e. The topological polar surface area (TPSA) is 3.24 Å². The number of aryl methyl sites for hydroxylation is 1. The van der Waals surface area contributed by atoms with Gasteiger partial charge in [0, 0.05) is 11.8 Å². The first-order chi connectivity index (χ1) is 11.4. The molecule has 1 fully saturated rings. The number of benzene rings is 2. The van der Waals surface area contributed by atoms with Crippen LogP contribution in [0.4, 0.5) is 0 Å². The lowest BCUT2D eigenvalue weighted by molar-refractivity contribution is 0.230. The standard InChI is InChI=1S/C21H27NS/c1-4-10-19(11-5-1)14-17-23-21(20-12-6-2-7-13-20)18-22-15-8-3-9-16-22/h1-2,4-7,10-13,21H,3,8-9,14-18H2/t21-/m1/s1. The highest BCUT2D eigenvalue weighted by Gasteiger charge is 2.18. The molecule has 1 atom stereocenters. The van der Waals surface area contributed by atoms with Crippen molar-refractivity contribution in [3.8, 4) is 0 Å². The molecule has 0 spiro atoms. The van der Waals surface area contributed by atoms with Crippen LogP contribution < -0.4 is 0 Å². The lowest BCUT2D eigenvalue weighted by Gasteiger charge is -2.30. The first-order valence-electron chi connectivity index (χ1n) is 8.84. The average molecular weight is 326 g/mol. The fraction of sp³-hybridized carbons (Fsp3) is 0.429. The summed E-state index contributed by atoms with van der Waals surface area (Å²) in [4.78, 5) is 2.66. The highest BCUT2D eigenvalue weighted by atomic mass is 32.2. The molecule has 122 valence electrons. The predicted octanol–water partition coefficient (Wildman–Crippen LogP) is 5.19. The van der Waals surface area contributed by atoms with Crippen LogP contribution in [0.15, 0.2) is 60.7 Å². The van der Waals surface area contributed by atoms with Crippen molar-refractivity contribution in [1.29, 1.82) is 0 Å². The van der Waals surface area contributed by atoms with Gasteiger partial charge in [-0.2, -0.15) is 11.8 Å². The van der Waals surface area contributed by atoms with Gasteiger partial charge in [-0.1, -0.05) is 67.1 Å². The van der Waals surface area contributed by atoms with Gasteiger partial charge in [0.1, 0.15) is 0 Å². The van der Waals surface area contributed by atoms with E-state index >= 15 is 0 Å². The van der Waals surface area contributed by atoms with Gasteiger partial charge in [0.25, 0.3) is 0 Å². The normalized spacial score (nSPS) is 17.0. The Balaban J connectivity index is 1.58. The Morgan fingerprint density at radius 3 is 2.17 bits per heavy atom.